The molecule has 4 nitrogen and oxygen atoms in total. The van der Waals surface area contributed by atoms with E-state index in [1.807, 2.05) is 31.3 Å². The number of nitrogens with zero attached hydrogens (tertiary/aromatic N) is 1. The Kier molecular flexibility index (Phi) is 7.36. The van der Waals surface area contributed by atoms with Crippen molar-refractivity contribution >= 4 is 15.9 Å². The van der Waals surface area contributed by atoms with Crippen molar-refractivity contribution in [3.8, 4) is 11.5 Å². The number of halogens is 1. The van der Waals surface area contributed by atoms with E-state index in [9.17, 15) is 0 Å². The van der Waals surface area contributed by atoms with Gasteiger partial charge in [0.05, 0.1) is 13.2 Å². The molecule has 0 radical (unpaired) electrons. The highest BCUT2D eigenvalue weighted by Gasteiger charge is 2.10. The van der Waals surface area contributed by atoms with Crippen molar-refractivity contribution in [3.63, 3.8) is 0 Å². The minimum Gasteiger partial charge on any atom is -0.490 e. The summed E-state index contributed by atoms with van der Waals surface area (Å²) in [6, 6.07) is 8.03. The van der Waals surface area contributed by atoms with Crippen LogP contribution < -0.4 is 14.8 Å². The molecule has 0 atom stereocenters. The molecule has 0 aliphatic rings. The molecule has 0 bridgehead atoms. The number of hydrogen-bond acceptors (Lipinski definition) is 4. The van der Waals surface area contributed by atoms with Crippen molar-refractivity contribution in [1.82, 2.24) is 10.3 Å². The molecule has 0 spiro atoms. The Morgan fingerprint density at radius 1 is 1.13 bits per heavy atom. The number of aromatic nitrogens is 1. The first kappa shape index (κ1) is 17.8. The molecule has 0 fully saturated rings. The van der Waals surface area contributed by atoms with E-state index < -0.39 is 0 Å². The van der Waals surface area contributed by atoms with Crippen molar-refractivity contribution in [1.29, 1.82) is 0 Å². The van der Waals surface area contributed by atoms with E-state index in [0.717, 1.165) is 46.6 Å². The Hall–Kier alpha value is -1.59. The fraction of sp³-hybridized carbons (Fsp3) is 0.389. The summed E-state index contributed by atoms with van der Waals surface area (Å²) in [5.41, 5.74) is 2.30. The van der Waals surface area contributed by atoms with Crippen LogP contribution in [0.4, 0.5) is 0 Å². The number of hydrogen-bond donors (Lipinski definition) is 1. The van der Waals surface area contributed by atoms with Gasteiger partial charge in [-0.2, -0.15) is 0 Å². The summed E-state index contributed by atoms with van der Waals surface area (Å²) in [6.45, 7) is 6.89. The maximum absolute atomic E-state index is 5.76. The van der Waals surface area contributed by atoms with Gasteiger partial charge in [-0.05, 0) is 42.7 Å². The molecular formula is C18H23BrN2O2. The highest BCUT2D eigenvalue weighted by atomic mass is 79.9. The van der Waals surface area contributed by atoms with Crippen LogP contribution in [0.15, 0.2) is 41.1 Å². The monoisotopic (exact) mass is 378 g/mol. The molecule has 1 aromatic heterocycles. The molecule has 23 heavy (non-hydrogen) atoms. The first-order valence-electron chi connectivity index (χ1n) is 7.92. The van der Waals surface area contributed by atoms with Gasteiger partial charge in [0.2, 0.25) is 0 Å². The first-order chi connectivity index (χ1) is 11.2. The van der Waals surface area contributed by atoms with Crippen LogP contribution in [0, 0.1) is 0 Å². The molecule has 2 aromatic rings. The number of rotatable bonds is 9. The predicted molar refractivity (Wildman–Crippen MR) is 95.9 cm³/mol. The van der Waals surface area contributed by atoms with Gasteiger partial charge in [0.25, 0.3) is 0 Å². The van der Waals surface area contributed by atoms with Crippen LogP contribution in [0.2, 0.25) is 0 Å². The van der Waals surface area contributed by atoms with Crippen molar-refractivity contribution in [2.75, 3.05) is 13.2 Å². The van der Waals surface area contributed by atoms with Crippen LogP contribution in [0.1, 0.15) is 31.4 Å². The lowest BCUT2D eigenvalue weighted by atomic mass is 10.2. The molecule has 0 amide bonds. The summed E-state index contributed by atoms with van der Waals surface area (Å²) >= 11 is 3.62. The molecular weight excluding hydrogens is 356 g/mol. The van der Waals surface area contributed by atoms with Crippen molar-refractivity contribution in [2.45, 2.75) is 33.4 Å². The highest BCUT2D eigenvalue weighted by molar-refractivity contribution is 9.10. The molecule has 124 valence electrons. The van der Waals surface area contributed by atoms with E-state index in [1.54, 1.807) is 6.20 Å². The molecule has 1 aromatic carbocycles. The molecule has 0 saturated heterocycles. The minimum atomic E-state index is 0.618. The summed E-state index contributed by atoms with van der Waals surface area (Å²) in [6.07, 6.45) is 4.62. The first-order valence-corrected chi connectivity index (χ1v) is 8.71. The Morgan fingerprint density at radius 2 is 1.96 bits per heavy atom. The van der Waals surface area contributed by atoms with Crippen LogP contribution in [0.3, 0.4) is 0 Å². The van der Waals surface area contributed by atoms with Crippen molar-refractivity contribution in [3.05, 3.63) is 52.3 Å². The zero-order valence-corrected chi connectivity index (χ0v) is 15.2. The second-order valence-electron chi connectivity index (χ2n) is 5.14. The Bertz CT molecular complexity index is 605. The zero-order chi connectivity index (χ0) is 16.5. The maximum Gasteiger partial charge on any atom is 0.162 e. The van der Waals surface area contributed by atoms with E-state index in [4.69, 9.17) is 9.47 Å². The number of nitrogens with one attached hydrogen (secondary N) is 1. The van der Waals surface area contributed by atoms with Crippen LogP contribution >= 0.6 is 15.9 Å². The minimum absolute atomic E-state index is 0.618. The van der Waals surface area contributed by atoms with Crippen LogP contribution in [0.25, 0.3) is 0 Å². The van der Waals surface area contributed by atoms with Gasteiger partial charge in [0.15, 0.2) is 11.5 Å². The van der Waals surface area contributed by atoms with E-state index in [2.05, 4.69) is 39.2 Å². The highest BCUT2D eigenvalue weighted by Crippen LogP contribution is 2.34. The fourth-order valence-corrected chi connectivity index (χ4v) is 2.61. The average Bonchev–Trinajstić information content (AvgIpc) is 2.57. The van der Waals surface area contributed by atoms with Gasteiger partial charge in [-0.1, -0.05) is 28.9 Å². The van der Waals surface area contributed by atoms with Gasteiger partial charge < -0.3 is 14.8 Å². The molecule has 1 heterocycles. The lowest BCUT2D eigenvalue weighted by Crippen LogP contribution is -2.13. The molecule has 0 aliphatic carbocycles. The van der Waals surface area contributed by atoms with Gasteiger partial charge in [0, 0.05) is 30.0 Å². The third-order valence-electron chi connectivity index (χ3n) is 3.24. The number of ether oxygens (including phenoxy) is 2. The molecule has 2 rings (SSSR count). The van der Waals surface area contributed by atoms with Crippen LogP contribution in [-0.2, 0) is 13.1 Å². The van der Waals surface area contributed by atoms with Gasteiger partial charge >= 0.3 is 0 Å². The Labute approximate surface area is 146 Å². The van der Waals surface area contributed by atoms with Crippen molar-refractivity contribution < 1.29 is 9.47 Å². The Morgan fingerprint density at radius 3 is 2.65 bits per heavy atom. The normalized spacial score (nSPS) is 10.6. The standard InChI is InChI=1S/C18H23BrN2O2/c1-3-8-23-18-10-16(19)15(9-17(18)22-4-2)13-21-12-14-6-5-7-20-11-14/h5-7,9-11,21H,3-4,8,12-13H2,1-2H3. The van der Waals surface area contributed by atoms with Crippen molar-refractivity contribution in [2.24, 2.45) is 0 Å². The lowest BCUT2D eigenvalue weighted by molar-refractivity contribution is 0.276. The molecule has 0 saturated carbocycles. The molecule has 1 N–H and O–H groups in total. The third-order valence-corrected chi connectivity index (χ3v) is 3.98. The predicted octanol–water partition coefficient (Wildman–Crippen LogP) is 4.32. The molecule has 0 aliphatic heterocycles. The zero-order valence-electron chi connectivity index (χ0n) is 13.6. The largest absolute Gasteiger partial charge is 0.490 e. The maximum atomic E-state index is 5.76. The topological polar surface area (TPSA) is 43.4 Å². The SMILES string of the molecule is CCCOc1cc(Br)c(CNCc2cccnc2)cc1OCC. The average molecular weight is 379 g/mol. The third kappa shape index (κ3) is 5.52. The summed E-state index contributed by atoms with van der Waals surface area (Å²) in [5, 5.41) is 3.42. The molecule has 5 heteroatoms. The second-order valence-corrected chi connectivity index (χ2v) is 5.99. The van der Waals surface area contributed by atoms with E-state index >= 15 is 0 Å². The quantitative estimate of drug-likeness (QED) is 0.705. The summed E-state index contributed by atoms with van der Waals surface area (Å²) in [7, 11) is 0. The van der Waals surface area contributed by atoms with Crippen LogP contribution in [-0.4, -0.2) is 18.2 Å². The van der Waals surface area contributed by atoms with Crippen LogP contribution in [0.5, 0.6) is 11.5 Å². The number of pyridine rings is 1. The Balaban J connectivity index is 2.04. The van der Waals surface area contributed by atoms with Gasteiger partial charge in [0.1, 0.15) is 0 Å². The van der Waals surface area contributed by atoms with E-state index in [1.165, 1.54) is 0 Å². The smallest absolute Gasteiger partial charge is 0.162 e. The molecule has 0 unspecified atom stereocenters. The number of benzene rings is 1. The summed E-state index contributed by atoms with van der Waals surface area (Å²) in [5.74, 6) is 1.58. The summed E-state index contributed by atoms with van der Waals surface area (Å²) < 4.78 is 12.5. The lowest BCUT2D eigenvalue weighted by Gasteiger charge is -2.15. The van der Waals surface area contributed by atoms with Gasteiger partial charge in [-0.3, -0.25) is 4.98 Å². The van der Waals surface area contributed by atoms with E-state index in [0.29, 0.717) is 13.2 Å². The van der Waals surface area contributed by atoms with Gasteiger partial charge in [-0.15, -0.1) is 0 Å². The summed E-state index contributed by atoms with van der Waals surface area (Å²) in [4.78, 5) is 4.12. The second kappa shape index (κ2) is 9.53. The van der Waals surface area contributed by atoms with Gasteiger partial charge in [-0.25, -0.2) is 0 Å². The van der Waals surface area contributed by atoms with E-state index in [-0.39, 0.29) is 0 Å². The fourth-order valence-electron chi connectivity index (χ4n) is 2.15.